The number of fused-ring (bicyclic) bond motifs is 10. The fourth-order valence-electron chi connectivity index (χ4n) is 10.0. The van der Waals surface area contributed by atoms with Crippen LogP contribution in [0.2, 0.25) is 0 Å². The first-order valence-electron chi connectivity index (χ1n) is 20.1. The average Bonchev–Trinajstić information content (AvgIpc) is 3.91. The van der Waals surface area contributed by atoms with Gasteiger partial charge in [-0.05, 0) is 87.6 Å². The standard InChI is InChI=1S/C55H38N2O/c1-55(2)43-26-11-8-22-40(43)51-44(55)27-15-29-46(51)57(48-31-16-30-47-52(48)41-23-9-12-28-45(41)56(47)36-19-4-3-5-20-36)49-34-33-39(38-25-14-18-35-17-6-7-21-37(35)38)54-53(49)42-24-10-13-32-50(42)58-54/h3-34H,1-2H3. The van der Waals surface area contributed by atoms with Crippen LogP contribution in [0.3, 0.4) is 0 Å². The lowest BCUT2D eigenvalue weighted by atomic mass is 9.82. The Morgan fingerprint density at radius 1 is 0.431 bits per heavy atom. The molecule has 2 aromatic heterocycles. The number of aromatic nitrogens is 1. The summed E-state index contributed by atoms with van der Waals surface area (Å²) in [6.45, 7) is 4.72. The van der Waals surface area contributed by atoms with Crippen molar-refractivity contribution in [3.8, 4) is 27.9 Å². The number of para-hydroxylation sites is 3. The number of hydrogen-bond acceptors (Lipinski definition) is 2. The second-order valence-electron chi connectivity index (χ2n) is 16.0. The van der Waals surface area contributed by atoms with Crippen LogP contribution in [0.5, 0.6) is 0 Å². The van der Waals surface area contributed by atoms with E-state index in [4.69, 9.17) is 4.42 Å². The highest BCUT2D eigenvalue weighted by Gasteiger charge is 2.38. The van der Waals surface area contributed by atoms with Crippen molar-refractivity contribution in [2.24, 2.45) is 0 Å². The molecule has 3 heteroatoms. The second-order valence-corrected chi connectivity index (χ2v) is 16.0. The number of anilines is 3. The maximum atomic E-state index is 7.02. The molecule has 12 rings (SSSR count). The maximum Gasteiger partial charge on any atom is 0.145 e. The van der Waals surface area contributed by atoms with Gasteiger partial charge < -0.3 is 13.9 Å². The summed E-state index contributed by atoms with van der Waals surface area (Å²) in [5.41, 5.74) is 15.8. The van der Waals surface area contributed by atoms with Gasteiger partial charge in [0.15, 0.2) is 0 Å². The predicted molar refractivity (Wildman–Crippen MR) is 243 cm³/mol. The molecule has 274 valence electrons. The molecule has 1 aliphatic rings. The number of benzene rings is 9. The minimum absolute atomic E-state index is 0.168. The van der Waals surface area contributed by atoms with E-state index in [9.17, 15) is 0 Å². The Kier molecular flexibility index (Phi) is 6.98. The van der Waals surface area contributed by atoms with E-state index in [0.29, 0.717) is 0 Å². The minimum Gasteiger partial charge on any atom is -0.455 e. The SMILES string of the molecule is CC1(C)c2ccccc2-c2c(N(c3ccc(-c4cccc5ccccc45)c4oc5ccccc5c34)c3cccc4c3c3ccccc3n4-c3ccccc3)cccc21. The molecule has 0 aliphatic heterocycles. The smallest absolute Gasteiger partial charge is 0.145 e. The molecule has 0 spiro atoms. The molecule has 0 saturated heterocycles. The fraction of sp³-hybridized carbons (Fsp3) is 0.0545. The summed E-state index contributed by atoms with van der Waals surface area (Å²) in [5, 5.41) is 6.99. The minimum atomic E-state index is -0.168. The predicted octanol–water partition coefficient (Wildman–Crippen LogP) is 15.3. The first-order chi connectivity index (χ1) is 28.6. The van der Waals surface area contributed by atoms with E-state index < -0.39 is 0 Å². The highest BCUT2D eigenvalue weighted by Crippen LogP contribution is 2.56. The van der Waals surface area contributed by atoms with Crippen LogP contribution in [0.1, 0.15) is 25.0 Å². The van der Waals surface area contributed by atoms with Crippen LogP contribution in [0.15, 0.2) is 199 Å². The van der Waals surface area contributed by atoms with Crippen molar-refractivity contribution in [2.45, 2.75) is 19.3 Å². The molecule has 9 aromatic carbocycles. The third-order valence-electron chi connectivity index (χ3n) is 12.6. The molecule has 1 aliphatic carbocycles. The largest absolute Gasteiger partial charge is 0.455 e. The van der Waals surface area contributed by atoms with E-state index >= 15 is 0 Å². The molecule has 0 atom stereocenters. The van der Waals surface area contributed by atoms with Gasteiger partial charge in [0.2, 0.25) is 0 Å². The third kappa shape index (κ3) is 4.56. The molecule has 0 fully saturated rings. The Morgan fingerprint density at radius 2 is 1.05 bits per heavy atom. The highest BCUT2D eigenvalue weighted by atomic mass is 16.3. The van der Waals surface area contributed by atoms with Gasteiger partial charge in [-0.25, -0.2) is 0 Å². The molecule has 3 nitrogen and oxygen atoms in total. The van der Waals surface area contributed by atoms with Gasteiger partial charge in [-0.15, -0.1) is 0 Å². The Balaban J connectivity index is 1.24. The van der Waals surface area contributed by atoms with E-state index in [-0.39, 0.29) is 5.41 Å². The zero-order valence-electron chi connectivity index (χ0n) is 32.3. The van der Waals surface area contributed by atoms with Gasteiger partial charge in [0, 0.05) is 38.4 Å². The van der Waals surface area contributed by atoms with Gasteiger partial charge in [0.25, 0.3) is 0 Å². The van der Waals surface area contributed by atoms with Gasteiger partial charge >= 0.3 is 0 Å². The van der Waals surface area contributed by atoms with Crippen molar-refractivity contribution in [1.82, 2.24) is 4.57 Å². The summed E-state index contributed by atoms with van der Waals surface area (Å²) >= 11 is 0. The second kappa shape index (κ2) is 12.3. The highest BCUT2D eigenvalue weighted by molar-refractivity contribution is 6.22. The molecule has 0 N–H and O–H groups in total. The monoisotopic (exact) mass is 742 g/mol. The molecule has 0 radical (unpaired) electrons. The molecule has 0 bridgehead atoms. The molecule has 0 amide bonds. The van der Waals surface area contributed by atoms with E-state index in [1.807, 2.05) is 0 Å². The van der Waals surface area contributed by atoms with Crippen molar-refractivity contribution in [1.29, 1.82) is 0 Å². The molecular formula is C55H38N2O. The van der Waals surface area contributed by atoms with Crippen LogP contribution < -0.4 is 4.90 Å². The summed E-state index contributed by atoms with van der Waals surface area (Å²) in [6, 6.07) is 70.6. The van der Waals surface area contributed by atoms with Crippen molar-refractivity contribution < 1.29 is 4.42 Å². The molecule has 0 unspecified atom stereocenters. The Hall–Kier alpha value is -7.36. The van der Waals surface area contributed by atoms with Crippen LogP contribution in [0, 0.1) is 0 Å². The third-order valence-corrected chi connectivity index (χ3v) is 12.6. The number of nitrogens with zero attached hydrogens (tertiary/aromatic N) is 2. The summed E-state index contributed by atoms with van der Waals surface area (Å²) in [7, 11) is 0. The van der Waals surface area contributed by atoms with E-state index in [0.717, 1.165) is 61.3 Å². The topological polar surface area (TPSA) is 21.3 Å². The Labute approximate surface area is 336 Å². The van der Waals surface area contributed by atoms with Gasteiger partial charge in [0.05, 0.1) is 33.5 Å². The zero-order chi connectivity index (χ0) is 38.5. The lowest BCUT2D eigenvalue weighted by molar-refractivity contribution is 0.660. The number of furan rings is 1. The maximum absolute atomic E-state index is 7.02. The molecule has 2 heterocycles. The van der Waals surface area contributed by atoms with Crippen LogP contribution in [0.25, 0.3) is 82.5 Å². The van der Waals surface area contributed by atoms with Crippen molar-refractivity contribution >= 4 is 71.6 Å². The molecule has 58 heavy (non-hydrogen) atoms. The van der Waals surface area contributed by atoms with E-state index in [1.165, 1.54) is 49.3 Å². The first-order valence-corrected chi connectivity index (χ1v) is 20.1. The molecular weight excluding hydrogens is 705 g/mol. The Bertz CT molecular complexity index is 3430. The molecule has 0 saturated carbocycles. The number of hydrogen-bond donors (Lipinski definition) is 0. The van der Waals surface area contributed by atoms with Gasteiger partial charge in [0.1, 0.15) is 11.2 Å². The van der Waals surface area contributed by atoms with Gasteiger partial charge in [-0.1, -0.05) is 153 Å². The van der Waals surface area contributed by atoms with Crippen molar-refractivity contribution in [3.63, 3.8) is 0 Å². The zero-order valence-corrected chi connectivity index (χ0v) is 32.3. The van der Waals surface area contributed by atoms with Crippen LogP contribution in [-0.4, -0.2) is 4.57 Å². The van der Waals surface area contributed by atoms with Crippen LogP contribution in [0.4, 0.5) is 17.1 Å². The summed E-state index contributed by atoms with van der Waals surface area (Å²) in [4.78, 5) is 2.54. The average molecular weight is 743 g/mol. The van der Waals surface area contributed by atoms with Gasteiger partial charge in [-0.3, -0.25) is 0 Å². The van der Waals surface area contributed by atoms with Gasteiger partial charge in [-0.2, -0.15) is 0 Å². The Morgan fingerprint density at radius 3 is 1.95 bits per heavy atom. The fourth-order valence-corrected chi connectivity index (χ4v) is 10.0. The van der Waals surface area contributed by atoms with E-state index in [1.54, 1.807) is 0 Å². The summed E-state index contributed by atoms with van der Waals surface area (Å²) in [6.07, 6.45) is 0. The lowest BCUT2D eigenvalue weighted by Crippen LogP contribution is -2.16. The number of rotatable bonds is 5. The quantitative estimate of drug-likeness (QED) is 0.175. The van der Waals surface area contributed by atoms with Crippen LogP contribution in [-0.2, 0) is 5.41 Å². The van der Waals surface area contributed by atoms with Crippen LogP contribution >= 0.6 is 0 Å². The first kappa shape index (κ1) is 32.8. The summed E-state index contributed by atoms with van der Waals surface area (Å²) < 4.78 is 9.43. The summed E-state index contributed by atoms with van der Waals surface area (Å²) in [5.74, 6) is 0. The lowest BCUT2D eigenvalue weighted by Gasteiger charge is -2.30. The van der Waals surface area contributed by atoms with E-state index in [2.05, 4.69) is 217 Å². The normalized spacial score (nSPS) is 13.1. The van der Waals surface area contributed by atoms with Crippen molar-refractivity contribution in [3.05, 3.63) is 205 Å². The van der Waals surface area contributed by atoms with Crippen molar-refractivity contribution in [2.75, 3.05) is 4.90 Å². The molecule has 11 aromatic rings.